The van der Waals surface area contributed by atoms with Crippen LogP contribution < -0.4 is 22.4 Å². The van der Waals surface area contributed by atoms with E-state index >= 15 is 0 Å². The molecule has 7 heterocycles. The van der Waals surface area contributed by atoms with Crippen LogP contribution in [0.25, 0.3) is 5.70 Å². The van der Waals surface area contributed by atoms with Crippen molar-refractivity contribution in [2.24, 2.45) is 0 Å². The number of H-pyrrole nitrogens is 1. The molecule has 0 aromatic carbocycles. The second kappa shape index (κ2) is 19.2. The van der Waals surface area contributed by atoms with Gasteiger partial charge < -0.3 is 38.8 Å². The third-order valence-electron chi connectivity index (χ3n) is 9.45. The summed E-state index contributed by atoms with van der Waals surface area (Å²) in [5, 5.41) is 20.6. The van der Waals surface area contributed by atoms with Crippen molar-refractivity contribution in [3.05, 3.63) is 124 Å². The van der Waals surface area contributed by atoms with E-state index in [4.69, 9.17) is 29.3 Å². The molecule has 0 atom stereocenters. The Hall–Kier alpha value is -5.53. The minimum absolute atomic E-state index is 0.0839. The number of nitrogens with zero attached hydrogens (tertiary/aromatic N) is 4. The van der Waals surface area contributed by atoms with Gasteiger partial charge in [0.2, 0.25) is 0 Å². The largest absolute Gasteiger partial charge is 0.502 e. The number of nitrogens with two attached hydrogens (primary N) is 1. The van der Waals surface area contributed by atoms with Gasteiger partial charge in [-0.3, -0.25) is 39.2 Å². The van der Waals surface area contributed by atoms with Gasteiger partial charge in [0, 0.05) is 50.0 Å². The number of ether oxygens (including phenoxy) is 3. The number of hydrogen-bond donors (Lipinski definition) is 2. The van der Waals surface area contributed by atoms with E-state index in [9.17, 15) is 34.6 Å². The lowest BCUT2D eigenvalue weighted by atomic mass is 9.76. The maximum Gasteiger partial charge on any atom is 0.493 e. The molecule has 7 rings (SSSR count). The van der Waals surface area contributed by atoms with Gasteiger partial charge >= 0.3 is 29.6 Å². The van der Waals surface area contributed by atoms with Crippen LogP contribution in [0.3, 0.4) is 0 Å². The van der Waals surface area contributed by atoms with Crippen molar-refractivity contribution < 1.29 is 33.4 Å². The first-order valence-electron chi connectivity index (χ1n) is 17.8. The first-order valence-corrected chi connectivity index (χ1v) is 17.8. The zero-order chi connectivity index (χ0) is 40.2. The molecule has 2 saturated heterocycles. The van der Waals surface area contributed by atoms with Crippen molar-refractivity contribution in [3.63, 3.8) is 0 Å². The Morgan fingerprint density at radius 1 is 0.800 bits per heavy atom. The van der Waals surface area contributed by atoms with E-state index in [-0.39, 0.29) is 29.9 Å². The Kier molecular flexibility index (Phi) is 14.7. The van der Waals surface area contributed by atoms with Crippen LogP contribution in [0.15, 0.2) is 87.4 Å². The second-order valence-electron chi connectivity index (χ2n) is 13.8. The van der Waals surface area contributed by atoms with Gasteiger partial charge in [0.05, 0.1) is 51.9 Å². The topological polar surface area (TPSA) is 235 Å². The van der Waals surface area contributed by atoms with Crippen LogP contribution in [0.4, 0.5) is 17.1 Å². The van der Waals surface area contributed by atoms with Crippen LogP contribution in [0.2, 0.25) is 0 Å². The number of hydrogen-bond acceptors (Lipinski definition) is 13. The molecule has 0 spiro atoms. The fourth-order valence-electron chi connectivity index (χ4n) is 5.66. The summed E-state index contributed by atoms with van der Waals surface area (Å²) in [6.45, 7) is 11.1. The molecule has 4 aliphatic heterocycles. The predicted molar refractivity (Wildman–Crippen MR) is 204 cm³/mol. The van der Waals surface area contributed by atoms with Crippen LogP contribution in [0, 0.1) is 20.2 Å². The lowest BCUT2D eigenvalue weighted by Crippen LogP contribution is -2.41. The smallest absolute Gasteiger partial charge is 0.493 e. The minimum Gasteiger partial charge on any atom is -0.502 e. The molecule has 0 aliphatic carbocycles. The molecular formula is C36H47BN6O12. The van der Waals surface area contributed by atoms with Crippen molar-refractivity contribution >= 4 is 29.9 Å². The lowest BCUT2D eigenvalue weighted by Gasteiger charge is -2.32. The highest BCUT2D eigenvalue weighted by Crippen LogP contribution is 2.39. The molecule has 0 amide bonds. The Balaban J connectivity index is 0.000000165. The molecule has 3 aromatic rings. The number of aromatic amines is 1. The normalized spacial score (nSPS) is 18.5. The number of anilines is 1. The molecule has 19 heteroatoms. The Morgan fingerprint density at radius 2 is 1.40 bits per heavy atom. The molecule has 0 bridgehead atoms. The van der Waals surface area contributed by atoms with Gasteiger partial charge in [0.15, 0.2) is 0 Å². The SMILES string of the molecule is CC1(C)OB(C2=COCCC2)OC1(C)C.Nc1cccn(C2CCOCC2)c1=O.O=c1[nH]cccc1[N+](=O)[O-].O=c1c([N+](=O)[O-])cccn1C1=COCCC1. The van der Waals surface area contributed by atoms with E-state index < -0.39 is 32.3 Å². The number of nitrogens with one attached hydrogen (secondary N) is 1. The third kappa shape index (κ3) is 11.2. The van der Waals surface area contributed by atoms with Crippen molar-refractivity contribution in [2.75, 3.05) is 32.2 Å². The summed E-state index contributed by atoms with van der Waals surface area (Å²) in [5.41, 5.74) is 4.92. The molecule has 0 unspecified atom stereocenters. The van der Waals surface area contributed by atoms with Crippen LogP contribution in [-0.2, 0) is 23.5 Å². The highest BCUT2D eigenvalue weighted by molar-refractivity contribution is 6.54. The molecule has 18 nitrogen and oxygen atoms in total. The van der Waals surface area contributed by atoms with E-state index in [1.54, 1.807) is 23.1 Å². The van der Waals surface area contributed by atoms with Crippen molar-refractivity contribution in [1.82, 2.24) is 14.1 Å². The zero-order valence-electron chi connectivity index (χ0n) is 31.3. The zero-order valence-corrected chi connectivity index (χ0v) is 31.3. The summed E-state index contributed by atoms with van der Waals surface area (Å²) in [5.74, 6) is 0. The van der Waals surface area contributed by atoms with Crippen molar-refractivity contribution in [3.8, 4) is 0 Å². The average Bonchev–Trinajstić information content (AvgIpc) is 3.40. The van der Waals surface area contributed by atoms with Crippen LogP contribution >= 0.6 is 0 Å². The van der Waals surface area contributed by atoms with Crippen molar-refractivity contribution in [2.45, 2.75) is 83.5 Å². The van der Waals surface area contributed by atoms with Crippen LogP contribution in [0.5, 0.6) is 0 Å². The van der Waals surface area contributed by atoms with Gasteiger partial charge in [-0.2, -0.15) is 0 Å². The first-order chi connectivity index (χ1) is 26.1. The van der Waals surface area contributed by atoms with Crippen LogP contribution in [0.1, 0.15) is 72.3 Å². The summed E-state index contributed by atoms with van der Waals surface area (Å²) in [7, 11) is -0.227. The molecular weight excluding hydrogens is 719 g/mol. The standard InChI is InChI=1S/C11H19BO3.C10H10N2O4.C10H14N2O2.C5H4N2O3/c1-10(2)11(3,4)15-12(14-10)9-6-5-7-13-8-9;13-10-9(12(14)15)4-1-5-11(10)8-3-2-6-16-7-8;11-9-2-1-5-12(10(9)13)8-3-6-14-7-4-8;8-5-4(7(9)10)2-1-3-6-5/h8H,5-7H2,1-4H3;1,4-5,7H,2-3,6H2;1-2,5,8H,3-4,6-7,11H2;1-3H,(H,6,8). The minimum atomic E-state index is -0.723. The number of nitrogen functional groups attached to an aromatic ring is 1. The number of allylic oxidation sites excluding steroid dienone is 2. The van der Waals surface area contributed by atoms with Gasteiger partial charge in [-0.05, 0) is 96.0 Å². The average molecular weight is 767 g/mol. The van der Waals surface area contributed by atoms with E-state index in [2.05, 4.69) is 32.7 Å². The number of aromatic nitrogens is 3. The molecule has 3 N–H and O–H groups in total. The third-order valence-corrected chi connectivity index (χ3v) is 9.45. The summed E-state index contributed by atoms with van der Waals surface area (Å²) < 4.78 is 30.5. The fraction of sp³-hybridized carbons (Fsp3) is 0.472. The summed E-state index contributed by atoms with van der Waals surface area (Å²) in [6.07, 6.45) is 13.3. The monoisotopic (exact) mass is 766 g/mol. The Bertz CT molecular complexity index is 2020. The lowest BCUT2D eigenvalue weighted by molar-refractivity contribution is -0.386. The molecule has 296 valence electrons. The van der Waals surface area contributed by atoms with Gasteiger partial charge in [0.25, 0.3) is 5.56 Å². The Morgan fingerprint density at radius 3 is 1.95 bits per heavy atom. The second-order valence-corrected chi connectivity index (χ2v) is 13.8. The van der Waals surface area contributed by atoms with Gasteiger partial charge in [-0.15, -0.1) is 0 Å². The van der Waals surface area contributed by atoms with Gasteiger partial charge in [0.1, 0.15) is 6.26 Å². The maximum atomic E-state index is 11.7. The van der Waals surface area contributed by atoms with E-state index in [1.807, 2.05) is 6.07 Å². The fourth-order valence-corrected chi connectivity index (χ4v) is 5.66. The van der Waals surface area contributed by atoms with E-state index in [0.717, 1.165) is 63.5 Å². The van der Waals surface area contributed by atoms with Gasteiger partial charge in [-0.25, -0.2) is 0 Å². The highest BCUT2D eigenvalue weighted by atomic mass is 16.7. The molecule has 0 saturated carbocycles. The summed E-state index contributed by atoms with van der Waals surface area (Å²) in [4.78, 5) is 55.4. The van der Waals surface area contributed by atoms with E-state index in [0.29, 0.717) is 24.4 Å². The first kappa shape index (κ1) is 42.2. The number of pyridine rings is 3. The predicted octanol–water partition coefficient (Wildman–Crippen LogP) is 4.74. The number of nitro groups is 2. The van der Waals surface area contributed by atoms with Crippen LogP contribution in [-0.4, -0.2) is 68.7 Å². The quantitative estimate of drug-likeness (QED) is 0.203. The molecule has 0 radical (unpaired) electrons. The van der Waals surface area contributed by atoms with Crippen molar-refractivity contribution in [1.29, 1.82) is 0 Å². The van der Waals surface area contributed by atoms with Gasteiger partial charge in [-0.1, -0.05) is 0 Å². The highest BCUT2D eigenvalue weighted by Gasteiger charge is 2.52. The molecule has 3 aromatic heterocycles. The number of rotatable bonds is 5. The Labute approximate surface area is 316 Å². The maximum absolute atomic E-state index is 11.7. The van der Waals surface area contributed by atoms with E-state index in [1.165, 1.54) is 41.4 Å². The molecule has 55 heavy (non-hydrogen) atoms. The molecule has 2 fully saturated rings. The summed E-state index contributed by atoms with van der Waals surface area (Å²) >= 11 is 0. The molecule has 4 aliphatic rings. The summed E-state index contributed by atoms with van der Waals surface area (Å²) in [6, 6.07) is 8.93.